The fraction of sp³-hybridized carbons (Fsp3) is 0.357. The molecule has 0 saturated heterocycles. The summed E-state index contributed by atoms with van der Waals surface area (Å²) >= 11 is 13.7. The Morgan fingerprint density at radius 1 is 1.29 bits per heavy atom. The molecule has 112 valence electrons. The largest absolute Gasteiger partial charge is 0.330 e. The third-order valence-corrected chi connectivity index (χ3v) is 7.80. The number of hydrogen-bond donors (Lipinski definition) is 1. The van der Waals surface area contributed by atoms with Gasteiger partial charge in [-0.2, -0.15) is 0 Å². The fourth-order valence-corrected chi connectivity index (χ4v) is 5.89. The van der Waals surface area contributed by atoms with Crippen LogP contribution in [0.2, 0.25) is 10.0 Å². The van der Waals surface area contributed by atoms with Crippen LogP contribution in [0.4, 0.5) is 5.69 Å². The number of aryl methyl sites for hydroxylation is 2. The van der Waals surface area contributed by atoms with E-state index in [9.17, 15) is 4.57 Å². The highest BCUT2D eigenvalue weighted by atomic mass is 35.5. The molecule has 0 unspecified atom stereocenters. The summed E-state index contributed by atoms with van der Waals surface area (Å²) in [5.41, 5.74) is 1.70. The first kappa shape index (κ1) is 15.4. The van der Waals surface area contributed by atoms with E-state index in [-0.39, 0.29) is 0 Å². The van der Waals surface area contributed by atoms with E-state index in [4.69, 9.17) is 23.2 Å². The average Bonchev–Trinajstić information content (AvgIpc) is 2.87. The van der Waals surface area contributed by atoms with Crippen molar-refractivity contribution < 1.29 is 4.57 Å². The Bertz CT molecular complexity index is 708. The van der Waals surface area contributed by atoms with E-state index < -0.39 is 7.29 Å². The number of nitrogens with zero attached hydrogens (tertiary/aromatic N) is 1. The molecule has 1 aliphatic carbocycles. The molecule has 0 radical (unpaired) electrons. The second-order valence-electron chi connectivity index (χ2n) is 5.23. The zero-order chi connectivity index (χ0) is 15.0. The lowest BCUT2D eigenvalue weighted by molar-refractivity contribution is 0.587. The number of hydrogen-bond acceptors (Lipinski definition) is 3. The van der Waals surface area contributed by atoms with Crippen LogP contribution in [0.25, 0.3) is 0 Å². The van der Waals surface area contributed by atoms with E-state index >= 15 is 0 Å². The molecule has 1 atom stereocenters. The van der Waals surface area contributed by atoms with Gasteiger partial charge in [0.15, 0.2) is 4.75 Å². The van der Waals surface area contributed by atoms with E-state index in [0.29, 0.717) is 20.5 Å². The topological polar surface area (TPSA) is 42.0 Å². The van der Waals surface area contributed by atoms with Gasteiger partial charge in [0, 0.05) is 16.6 Å². The molecule has 2 aromatic rings. The van der Waals surface area contributed by atoms with Crippen molar-refractivity contribution in [1.82, 2.24) is 4.98 Å². The Morgan fingerprint density at radius 3 is 2.81 bits per heavy atom. The van der Waals surface area contributed by atoms with Crippen molar-refractivity contribution in [3.05, 3.63) is 38.8 Å². The monoisotopic (exact) mass is 360 g/mol. The van der Waals surface area contributed by atoms with Gasteiger partial charge in [0.05, 0.1) is 16.4 Å². The summed E-state index contributed by atoms with van der Waals surface area (Å²) < 4.78 is 13.7. The summed E-state index contributed by atoms with van der Waals surface area (Å²) in [5, 5.41) is 4.10. The van der Waals surface area contributed by atoms with Gasteiger partial charge in [-0.25, -0.2) is 4.98 Å². The summed E-state index contributed by atoms with van der Waals surface area (Å²) in [5.74, 6) is 0. The zero-order valence-corrected chi connectivity index (χ0v) is 14.8. The van der Waals surface area contributed by atoms with E-state index in [2.05, 4.69) is 10.1 Å². The lowest BCUT2D eigenvalue weighted by Gasteiger charge is -2.15. The molecule has 3 nitrogen and oxygen atoms in total. The number of thiazole rings is 1. The molecule has 1 aliphatic rings. The van der Waals surface area contributed by atoms with Crippen molar-refractivity contribution in [3.63, 3.8) is 0 Å². The maximum Gasteiger partial charge on any atom is 0.223 e. The number of benzene rings is 1. The van der Waals surface area contributed by atoms with E-state index in [1.807, 2.05) is 0 Å². The summed E-state index contributed by atoms with van der Waals surface area (Å²) in [6, 6.07) is 5.09. The molecule has 1 aromatic carbocycles. The summed E-state index contributed by atoms with van der Waals surface area (Å²) in [7, 11) is -2.80. The highest BCUT2D eigenvalue weighted by molar-refractivity contribution is 7.77. The van der Waals surface area contributed by atoms with E-state index in [1.165, 1.54) is 11.3 Å². The van der Waals surface area contributed by atoms with Gasteiger partial charge < -0.3 is 5.09 Å². The first-order valence-electron chi connectivity index (χ1n) is 6.76. The van der Waals surface area contributed by atoms with Gasteiger partial charge in [-0.3, -0.25) is 4.57 Å². The molecule has 1 aromatic heterocycles. The van der Waals surface area contributed by atoms with Crippen molar-refractivity contribution in [2.45, 2.75) is 25.7 Å². The SMILES string of the molecule is C[P@](=O)(Nc1cc(Cl)ccc1Cl)c1nc2c(s1)CCCC2. The van der Waals surface area contributed by atoms with Gasteiger partial charge in [-0.05, 0) is 43.9 Å². The Labute approximate surface area is 138 Å². The minimum Gasteiger partial charge on any atom is -0.330 e. The van der Waals surface area contributed by atoms with Crippen LogP contribution < -0.4 is 9.84 Å². The van der Waals surface area contributed by atoms with Gasteiger partial charge in [0.2, 0.25) is 7.29 Å². The molecule has 1 heterocycles. The van der Waals surface area contributed by atoms with Crippen molar-refractivity contribution in [3.8, 4) is 0 Å². The highest BCUT2D eigenvalue weighted by Gasteiger charge is 2.26. The molecular formula is C14H15Cl2N2OPS. The minimum absolute atomic E-state index is 0.503. The maximum absolute atomic E-state index is 13.0. The quantitative estimate of drug-likeness (QED) is 0.785. The predicted octanol–water partition coefficient (Wildman–Crippen LogP) is 4.97. The van der Waals surface area contributed by atoms with Crippen LogP contribution in [0.1, 0.15) is 23.4 Å². The molecule has 0 fully saturated rings. The number of nitrogens with one attached hydrogen (secondary N) is 1. The Morgan fingerprint density at radius 2 is 2.05 bits per heavy atom. The number of anilines is 1. The van der Waals surface area contributed by atoms with Crippen LogP contribution in [0.15, 0.2) is 18.2 Å². The smallest absolute Gasteiger partial charge is 0.223 e. The van der Waals surface area contributed by atoms with E-state index in [1.54, 1.807) is 36.2 Å². The van der Waals surface area contributed by atoms with Gasteiger partial charge in [0.25, 0.3) is 0 Å². The summed E-state index contributed by atoms with van der Waals surface area (Å²) in [6.45, 7) is 1.69. The third-order valence-electron chi connectivity index (χ3n) is 3.46. The number of aromatic nitrogens is 1. The lowest BCUT2D eigenvalue weighted by Crippen LogP contribution is -2.11. The first-order chi connectivity index (χ1) is 9.95. The molecule has 21 heavy (non-hydrogen) atoms. The van der Waals surface area contributed by atoms with Crippen LogP contribution in [0.5, 0.6) is 0 Å². The van der Waals surface area contributed by atoms with Gasteiger partial charge in [-0.15, -0.1) is 11.3 Å². The number of fused-ring (bicyclic) bond motifs is 1. The second-order valence-corrected chi connectivity index (χ2v) is 9.96. The first-order valence-corrected chi connectivity index (χ1v) is 10.5. The van der Waals surface area contributed by atoms with Crippen molar-refractivity contribution in [1.29, 1.82) is 0 Å². The summed E-state index contributed by atoms with van der Waals surface area (Å²) in [6.07, 6.45) is 4.39. The average molecular weight is 361 g/mol. The molecular weight excluding hydrogens is 346 g/mol. The van der Waals surface area contributed by atoms with Gasteiger partial charge in [-0.1, -0.05) is 23.2 Å². The molecule has 0 bridgehead atoms. The van der Waals surface area contributed by atoms with Crippen molar-refractivity contribution >= 4 is 52.3 Å². The molecule has 0 aliphatic heterocycles. The van der Waals surface area contributed by atoms with E-state index in [0.717, 1.165) is 25.0 Å². The van der Waals surface area contributed by atoms with Crippen molar-refractivity contribution in [2.75, 3.05) is 11.8 Å². The van der Waals surface area contributed by atoms with Crippen LogP contribution >= 0.6 is 41.8 Å². The molecule has 0 saturated carbocycles. The molecule has 0 amide bonds. The maximum atomic E-state index is 13.0. The van der Waals surface area contributed by atoms with Crippen LogP contribution in [0, 0.1) is 0 Å². The highest BCUT2D eigenvalue weighted by Crippen LogP contribution is 2.44. The fourth-order valence-electron chi connectivity index (χ4n) is 2.38. The van der Waals surface area contributed by atoms with Crippen LogP contribution in [0.3, 0.4) is 0 Å². The van der Waals surface area contributed by atoms with Crippen molar-refractivity contribution in [2.24, 2.45) is 0 Å². The predicted molar refractivity (Wildman–Crippen MR) is 92.0 cm³/mol. The Balaban J connectivity index is 1.91. The summed E-state index contributed by atoms with van der Waals surface area (Å²) in [4.78, 5) is 5.86. The number of rotatable bonds is 3. The Hall–Kier alpha value is -0.540. The Kier molecular flexibility index (Phi) is 4.33. The van der Waals surface area contributed by atoms with Crippen LogP contribution in [-0.4, -0.2) is 11.6 Å². The molecule has 7 heteroatoms. The normalized spacial score (nSPS) is 17.1. The van der Waals surface area contributed by atoms with Gasteiger partial charge >= 0.3 is 0 Å². The molecule has 1 N–H and O–H groups in total. The molecule has 0 spiro atoms. The standard InChI is InChI=1S/C14H15Cl2N2OPS/c1-20(19,18-12-8-9(15)6-7-10(12)16)14-17-11-4-2-3-5-13(11)21-14/h6-8H,2-5H2,1H3,(H,18,19)/t20-/m1/s1. The zero-order valence-electron chi connectivity index (χ0n) is 11.5. The third kappa shape index (κ3) is 3.29. The van der Waals surface area contributed by atoms with Gasteiger partial charge in [0.1, 0.15) is 0 Å². The van der Waals surface area contributed by atoms with Crippen LogP contribution in [-0.2, 0) is 17.4 Å². The minimum atomic E-state index is -2.80. The lowest BCUT2D eigenvalue weighted by atomic mass is 10.0. The number of halogens is 2. The second kappa shape index (κ2) is 5.92. The molecule has 3 rings (SSSR count).